The van der Waals surface area contributed by atoms with Crippen molar-refractivity contribution in [2.24, 2.45) is 0 Å². The summed E-state index contributed by atoms with van der Waals surface area (Å²) < 4.78 is 30.1. The third-order valence-corrected chi connectivity index (χ3v) is 4.46. The SMILES string of the molecule is COCCCNc1cc(S(=O)(=O)N(C)C)ccc1N. The minimum Gasteiger partial charge on any atom is -0.397 e. The molecule has 1 aromatic rings. The van der Waals surface area contributed by atoms with Gasteiger partial charge >= 0.3 is 0 Å². The molecule has 0 spiro atoms. The predicted octanol–water partition coefficient (Wildman–Crippen LogP) is 0.967. The van der Waals surface area contributed by atoms with Crippen LogP contribution >= 0.6 is 0 Å². The molecule has 0 unspecified atom stereocenters. The van der Waals surface area contributed by atoms with Gasteiger partial charge in [-0.05, 0) is 24.6 Å². The van der Waals surface area contributed by atoms with E-state index in [0.717, 1.165) is 6.42 Å². The molecule has 0 bridgehead atoms. The van der Waals surface area contributed by atoms with Crippen molar-refractivity contribution in [3.05, 3.63) is 18.2 Å². The molecule has 6 nitrogen and oxygen atoms in total. The zero-order chi connectivity index (χ0) is 14.5. The van der Waals surface area contributed by atoms with Gasteiger partial charge in [0, 0.05) is 34.4 Å². The van der Waals surface area contributed by atoms with Crippen molar-refractivity contribution in [2.45, 2.75) is 11.3 Å². The van der Waals surface area contributed by atoms with Crippen molar-refractivity contribution >= 4 is 21.4 Å². The van der Waals surface area contributed by atoms with Gasteiger partial charge in [0.2, 0.25) is 10.0 Å². The topological polar surface area (TPSA) is 84.7 Å². The lowest BCUT2D eigenvalue weighted by atomic mass is 10.2. The van der Waals surface area contributed by atoms with Crippen LogP contribution in [0.25, 0.3) is 0 Å². The van der Waals surface area contributed by atoms with Crippen molar-refractivity contribution in [1.29, 1.82) is 0 Å². The molecule has 0 saturated heterocycles. The maximum Gasteiger partial charge on any atom is 0.242 e. The third kappa shape index (κ3) is 4.09. The van der Waals surface area contributed by atoms with Crippen LogP contribution in [0.15, 0.2) is 23.1 Å². The zero-order valence-corrected chi connectivity index (χ0v) is 12.3. The van der Waals surface area contributed by atoms with Gasteiger partial charge in [-0.25, -0.2) is 12.7 Å². The van der Waals surface area contributed by atoms with Gasteiger partial charge in [0.1, 0.15) is 0 Å². The van der Waals surface area contributed by atoms with E-state index in [9.17, 15) is 8.42 Å². The van der Waals surface area contributed by atoms with Crippen molar-refractivity contribution in [3.63, 3.8) is 0 Å². The number of anilines is 2. The molecule has 19 heavy (non-hydrogen) atoms. The minimum absolute atomic E-state index is 0.223. The Labute approximate surface area is 114 Å². The Morgan fingerprint density at radius 2 is 2.05 bits per heavy atom. The molecular weight excluding hydrogens is 266 g/mol. The van der Waals surface area contributed by atoms with E-state index in [0.29, 0.717) is 24.5 Å². The second kappa shape index (κ2) is 6.74. The second-order valence-corrected chi connectivity index (χ2v) is 6.46. The van der Waals surface area contributed by atoms with E-state index in [-0.39, 0.29) is 4.90 Å². The first kappa shape index (κ1) is 15.7. The number of benzene rings is 1. The molecule has 0 atom stereocenters. The van der Waals surface area contributed by atoms with Gasteiger partial charge < -0.3 is 15.8 Å². The van der Waals surface area contributed by atoms with E-state index in [1.165, 1.54) is 24.5 Å². The molecule has 0 radical (unpaired) electrons. The van der Waals surface area contributed by atoms with Gasteiger partial charge in [0.05, 0.1) is 16.3 Å². The fourth-order valence-electron chi connectivity index (χ4n) is 1.50. The summed E-state index contributed by atoms with van der Waals surface area (Å²) in [5.41, 5.74) is 6.97. The van der Waals surface area contributed by atoms with E-state index < -0.39 is 10.0 Å². The molecule has 0 fully saturated rings. The summed E-state index contributed by atoms with van der Waals surface area (Å²) in [6.45, 7) is 1.31. The number of nitrogens with one attached hydrogen (secondary N) is 1. The molecule has 1 rings (SSSR count). The van der Waals surface area contributed by atoms with Crippen molar-refractivity contribution < 1.29 is 13.2 Å². The first-order chi connectivity index (χ1) is 8.89. The average molecular weight is 287 g/mol. The average Bonchev–Trinajstić information content (AvgIpc) is 2.36. The molecule has 0 aliphatic rings. The van der Waals surface area contributed by atoms with Crippen LogP contribution in [-0.2, 0) is 14.8 Å². The number of methoxy groups -OCH3 is 1. The Bertz CT molecular complexity index is 515. The molecule has 108 valence electrons. The van der Waals surface area contributed by atoms with Gasteiger partial charge in [-0.1, -0.05) is 0 Å². The molecule has 0 heterocycles. The smallest absolute Gasteiger partial charge is 0.242 e. The molecular formula is C12H21N3O3S. The summed E-state index contributed by atoms with van der Waals surface area (Å²) in [6, 6.07) is 4.65. The Morgan fingerprint density at radius 3 is 2.63 bits per heavy atom. The highest BCUT2D eigenvalue weighted by Gasteiger charge is 2.18. The van der Waals surface area contributed by atoms with Gasteiger partial charge in [-0.2, -0.15) is 0 Å². The van der Waals surface area contributed by atoms with Gasteiger partial charge in [0.25, 0.3) is 0 Å². The first-order valence-corrected chi connectivity index (χ1v) is 7.38. The van der Waals surface area contributed by atoms with Crippen LogP contribution in [0, 0.1) is 0 Å². The van der Waals surface area contributed by atoms with E-state index in [1.807, 2.05) is 0 Å². The number of hydrogen-bond acceptors (Lipinski definition) is 5. The zero-order valence-electron chi connectivity index (χ0n) is 11.5. The minimum atomic E-state index is -3.44. The fraction of sp³-hybridized carbons (Fsp3) is 0.500. The Kier molecular flexibility index (Phi) is 5.59. The molecule has 1 aromatic carbocycles. The van der Waals surface area contributed by atoms with Crippen molar-refractivity contribution in [1.82, 2.24) is 4.31 Å². The Morgan fingerprint density at radius 1 is 1.37 bits per heavy atom. The second-order valence-electron chi connectivity index (χ2n) is 4.31. The normalized spacial score (nSPS) is 11.8. The van der Waals surface area contributed by atoms with Crippen LogP contribution in [0.5, 0.6) is 0 Å². The number of ether oxygens (including phenoxy) is 1. The first-order valence-electron chi connectivity index (χ1n) is 5.94. The lowest BCUT2D eigenvalue weighted by Gasteiger charge is -2.14. The third-order valence-electron chi connectivity index (χ3n) is 2.64. The number of sulfonamides is 1. The van der Waals surface area contributed by atoms with E-state index >= 15 is 0 Å². The van der Waals surface area contributed by atoms with Crippen LogP contribution in [0.2, 0.25) is 0 Å². The molecule has 3 N–H and O–H groups in total. The predicted molar refractivity (Wildman–Crippen MR) is 76.7 cm³/mol. The van der Waals surface area contributed by atoms with Crippen LogP contribution in [0.4, 0.5) is 11.4 Å². The number of hydrogen-bond donors (Lipinski definition) is 2. The van der Waals surface area contributed by atoms with Crippen LogP contribution < -0.4 is 11.1 Å². The van der Waals surface area contributed by atoms with Crippen LogP contribution in [-0.4, -0.2) is 47.1 Å². The maximum absolute atomic E-state index is 12.0. The number of rotatable bonds is 7. The van der Waals surface area contributed by atoms with Crippen molar-refractivity contribution in [2.75, 3.05) is 45.4 Å². The van der Waals surface area contributed by atoms with Crippen LogP contribution in [0.3, 0.4) is 0 Å². The summed E-state index contributed by atoms with van der Waals surface area (Å²) in [5, 5.41) is 3.11. The summed E-state index contributed by atoms with van der Waals surface area (Å²) >= 11 is 0. The van der Waals surface area contributed by atoms with E-state index in [4.69, 9.17) is 10.5 Å². The maximum atomic E-state index is 12.0. The summed E-state index contributed by atoms with van der Waals surface area (Å²) in [4.78, 5) is 0.223. The van der Waals surface area contributed by atoms with Gasteiger partial charge in [0.15, 0.2) is 0 Å². The van der Waals surface area contributed by atoms with Crippen molar-refractivity contribution in [3.8, 4) is 0 Å². The number of nitrogens with two attached hydrogens (primary N) is 1. The van der Waals surface area contributed by atoms with Crippen LogP contribution in [0.1, 0.15) is 6.42 Å². The van der Waals surface area contributed by atoms with Gasteiger partial charge in [-0.3, -0.25) is 0 Å². The molecule has 0 saturated carbocycles. The highest BCUT2D eigenvalue weighted by Crippen LogP contribution is 2.24. The number of nitrogens with zero attached hydrogens (tertiary/aromatic N) is 1. The fourth-order valence-corrected chi connectivity index (χ4v) is 2.43. The Hall–Kier alpha value is -1.31. The highest BCUT2D eigenvalue weighted by atomic mass is 32.2. The van der Waals surface area contributed by atoms with E-state index in [1.54, 1.807) is 19.2 Å². The standard InChI is InChI=1S/C12H21N3O3S/c1-15(2)19(16,17)10-5-6-11(13)12(9-10)14-7-4-8-18-3/h5-6,9,14H,4,7-8,13H2,1-3H3. The lowest BCUT2D eigenvalue weighted by molar-refractivity contribution is 0.198. The molecule has 0 aliphatic carbocycles. The summed E-state index contributed by atoms with van der Waals surface area (Å²) in [5.74, 6) is 0. The quantitative estimate of drug-likeness (QED) is 0.576. The molecule has 0 aromatic heterocycles. The Balaban J connectivity index is 2.89. The number of nitrogen functional groups attached to an aromatic ring is 1. The van der Waals surface area contributed by atoms with Gasteiger partial charge in [-0.15, -0.1) is 0 Å². The monoisotopic (exact) mass is 287 g/mol. The molecule has 0 amide bonds. The summed E-state index contributed by atoms with van der Waals surface area (Å²) in [7, 11) is 1.19. The molecule has 0 aliphatic heterocycles. The molecule has 7 heteroatoms. The van der Waals surface area contributed by atoms with E-state index in [2.05, 4.69) is 5.32 Å². The highest BCUT2D eigenvalue weighted by molar-refractivity contribution is 7.89. The summed E-state index contributed by atoms with van der Waals surface area (Å²) in [6.07, 6.45) is 0.820. The largest absolute Gasteiger partial charge is 0.397 e. The lowest BCUT2D eigenvalue weighted by Crippen LogP contribution is -2.22.